The topological polar surface area (TPSA) is 52.7 Å². The van der Waals surface area contributed by atoms with Crippen molar-refractivity contribution in [2.75, 3.05) is 32.7 Å². The van der Waals surface area contributed by atoms with Crippen molar-refractivity contribution in [3.8, 4) is 0 Å². The maximum Gasteiger partial charge on any atom is 0.226 e. The number of nitrogens with zero attached hydrogens (tertiary/aromatic N) is 2. The van der Waals surface area contributed by atoms with Gasteiger partial charge in [0.15, 0.2) is 0 Å². The largest absolute Gasteiger partial charge is 0.356 e. The van der Waals surface area contributed by atoms with Gasteiger partial charge in [-0.25, -0.2) is 0 Å². The lowest BCUT2D eigenvalue weighted by molar-refractivity contribution is -0.140. The molecule has 0 spiro atoms. The molecular weight excluding hydrogens is 278 g/mol. The molecule has 0 aromatic carbocycles. The average Bonchev–Trinajstić information content (AvgIpc) is 2.70. The number of piperazine rings is 1. The van der Waals surface area contributed by atoms with Crippen LogP contribution in [-0.2, 0) is 9.59 Å². The molecule has 0 unspecified atom stereocenters. The summed E-state index contributed by atoms with van der Waals surface area (Å²) in [7, 11) is 0. The van der Waals surface area contributed by atoms with Crippen LogP contribution < -0.4 is 5.32 Å². The molecule has 5 heteroatoms. The number of amides is 2. The molecule has 2 saturated heterocycles. The van der Waals surface area contributed by atoms with Gasteiger partial charge in [-0.2, -0.15) is 0 Å². The second-order valence-corrected chi connectivity index (χ2v) is 7.78. The van der Waals surface area contributed by atoms with Crippen LogP contribution in [0.2, 0.25) is 0 Å². The lowest BCUT2D eigenvalue weighted by Gasteiger charge is -2.41. The van der Waals surface area contributed by atoms with Crippen molar-refractivity contribution in [3.05, 3.63) is 0 Å². The van der Waals surface area contributed by atoms with E-state index in [2.05, 4.69) is 31.0 Å². The van der Waals surface area contributed by atoms with Gasteiger partial charge in [-0.05, 0) is 18.3 Å². The minimum atomic E-state index is 0.0154. The SMILES string of the molecule is C[C@@H](C(=O)N1CCN([C@@H]2CCNC(=O)CC2)CC1)C(C)(C)C. The van der Waals surface area contributed by atoms with Crippen molar-refractivity contribution >= 4 is 11.8 Å². The van der Waals surface area contributed by atoms with E-state index in [1.807, 2.05) is 11.8 Å². The first-order chi connectivity index (χ1) is 10.3. The van der Waals surface area contributed by atoms with Gasteiger partial charge in [-0.3, -0.25) is 14.5 Å². The van der Waals surface area contributed by atoms with Crippen LogP contribution in [0.1, 0.15) is 47.0 Å². The summed E-state index contributed by atoms with van der Waals surface area (Å²) in [5, 5.41) is 2.94. The first-order valence-electron chi connectivity index (χ1n) is 8.58. The number of carbonyl (C=O) groups excluding carboxylic acids is 2. The molecule has 22 heavy (non-hydrogen) atoms. The maximum atomic E-state index is 12.6. The second-order valence-electron chi connectivity index (χ2n) is 7.78. The van der Waals surface area contributed by atoms with E-state index in [-0.39, 0.29) is 23.1 Å². The molecule has 5 nitrogen and oxygen atoms in total. The first-order valence-corrected chi connectivity index (χ1v) is 8.58. The molecule has 2 fully saturated rings. The summed E-state index contributed by atoms with van der Waals surface area (Å²) in [6.45, 7) is 12.7. The monoisotopic (exact) mass is 309 g/mol. The molecule has 0 aromatic heterocycles. The summed E-state index contributed by atoms with van der Waals surface area (Å²) in [5.74, 6) is 0.513. The van der Waals surface area contributed by atoms with Crippen molar-refractivity contribution in [2.24, 2.45) is 11.3 Å². The third-order valence-corrected chi connectivity index (χ3v) is 5.32. The van der Waals surface area contributed by atoms with Crippen molar-refractivity contribution in [1.82, 2.24) is 15.1 Å². The van der Waals surface area contributed by atoms with E-state index in [9.17, 15) is 9.59 Å². The first kappa shape index (κ1) is 17.3. The van der Waals surface area contributed by atoms with Crippen LogP contribution >= 0.6 is 0 Å². The third-order valence-electron chi connectivity index (χ3n) is 5.32. The van der Waals surface area contributed by atoms with E-state index in [4.69, 9.17) is 0 Å². The summed E-state index contributed by atoms with van der Waals surface area (Å²) >= 11 is 0. The number of nitrogens with one attached hydrogen (secondary N) is 1. The van der Waals surface area contributed by atoms with Crippen molar-refractivity contribution in [3.63, 3.8) is 0 Å². The molecule has 2 aliphatic heterocycles. The second kappa shape index (κ2) is 6.99. The van der Waals surface area contributed by atoms with E-state index in [0.29, 0.717) is 12.5 Å². The number of hydrogen-bond acceptors (Lipinski definition) is 3. The number of hydrogen-bond donors (Lipinski definition) is 1. The molecule has 2 rings (SSSR count). The summed E-state index contributed by atoms with van der Waals surface area (Å²) in [6, 6.07) is 0.483. The van der Waals surface area contributed by atoms with E-state index in [1.54, 1.807) is 0 Å². The van der Waals surface area contributed by atoms with Crippen LogP contribution in [0.3, 0.4) is 0 Å². The zero-order chi connectivity index (χ0) is 16.3. The Morgan fingerprint density at radius 2 is 1.82 bits per heavy atom. The predicted octanol–water partition coefficient (Wildman–Crippen LogP) is 1.48. The Morgan fingerprint density at radius 1 is 1.18 bits per heavy atom. The van der Waals surface area contributed by atoms with Gasteiger partial charge in [-0.15, -0.1) is 0 Å². The highest BCUT2D eigenvalue weighted by Gasteiger charge is 2.33. The standard InChI is InChI=1S/C17H31N3O2/c1-13(17(2,3)4)16(22)20-11-9-19(10-12-20)14-5-6-15(21)18-8-7-14/h13-14H,5-12H2,1-4H3,(H,18,21)/t13-,14-/m0/s1. The molecule has 2 aliphatic rings. The van der Waals surface area contributed by atoms with Crippen LogP contribution in [0.4, 0.5) is 0 Å². The number of rotatable bonds is 2. The summed E-state index contributed by atoms with van der Waals surface area (Å²) in [5.41, 5.74) is 0.0154. The van der Waals surface area contributed by atoms with Gasteiger partial charge in [0.2, 0.25) is 11.8 Å². The van der Waals surface area contributed by atoms with Crippen LogP contribution in [-0.4, -0.2) is 60.4 Å². The fourth-order valence-electron chi connectivity index (χ4n) is 3.23. The van der Waals surface area contributed by atoms with E-state index >= 15 is 0 Å². The maximum absolute atomic E-state index is 12.6. The van der Waals surface area contributed by atoms with Gasteiger partial charge in [0.1, 0.15) is 0 Å². The van der Waals surface area contributed by atoms with Gasteiger partial charge in [0.25, 0.3) is 0 Å². The molecule has 0 saturated carbocycles. The molecule has 2 atom stereocenters. The minimum absolute atomic E-state index is 0.0154. The van der Waals surface area contributed by atoms with Gasteiger partial charge in [-0.1, -0.05) is 27.7 Å². The summed E-state index contributed by atoms with van der Waals surface area (Å²) < 4.78 is 0. The normalized spacial score (nSPS) is 26.3. The quantitative estimate of drug-likeness (QED) is 0.841. The number of carbonyl (C=O) groups is 2. The molecule has 2 heterocycles. The van der Waals surface area contributed by atoms with Crippen LogP contribution in [0.5, 0.6) is 0 Å². The van der Waals surface area contributed by atoms with Gasteiger partial charge < -0.3 is 10.2 Å². The van der Waals surface area contributed by atoms with Gasteiger partial charge in [0, 0.05) is 51.1 Å². The van der Waals surface area contributed by atoms with E-state index in [0.717, 1.165) is 45.6 Å². The smallest absolute Gasteiger partial charge is 0.226 e. The van der Waals surface area contributed by atoms with Crippen molar-refractivity contribution in [1.29, 1.82) is 0 Å². The molecule has 2 amide bonds. The lowest BCUT2D eigenvalue weighted by Crippen LogP contribution is -2.54. The molecular formula is C17H31N3O2. The van der Waals surface area contributed by atoms with Crippen LogP contribution in [0.15, 0.2) is 0 Å². The van der Waals surface area contributed by atoms with Crippen molar-refractivity contribution < 1.29 is 9.59 Å². The summed E-state index contributed by atoms with van der Waals surface area (Å²) in [4.78, 5) is 28.5. The lowest BCUT2D eigenvalue weighted by atomic mass is 9.81. The highest BCUT2D eigenvalue weighted by molar-refractivity contribution is 5.79. The van der Waals surface area contributed by atoms with E-state index < -0.39 is 0 Å². The Bertz CT molecular complexity index is 409. The Morgan fingerprint density at radius 3 is 2.41 bits per heavy atom. The Hall–Kier alpha value is -1.10. The van der Waals surface area contributed by atoms with Gasteiger partial charge in [0.05, 0.1) is 0 Å². The summed E-state index contributed by atoms with van der Waals surface area (Å²) in [6.07, 6.45) is 2.60. The molecule has 0 bridgehead atoms. The van der Waals surface area contributed by atoms with Gasteiger partial charge >= 0.3 is 0 Å². The fraction of sp³-hybridized carbons (Fsp3) is 0.882. The highest BCUT2D eigenvalue weighted by atomic mass is 16.2. The molecule has 126 valence electrons. The Kier molecular flexibility index (Phi) is 5.48. The molecule has 1 N–H and O–H groups in total. The van der Waals surface area contributed by atoms with Crippen LogP contribution in [0.25, 0.3) is 0 Å². The highest BCUT2D eigenvalue weighted by Crippen LogP contribution is 2.27. The molecule has 0 aliphatic carbocycles. The molecule has 0 radical (unpaired) electrons. The zero-order valence-electron chi connectivity index (χ0n) is 14.5. The van der Waals surface area contributed by atoms with Crippen LogP contribution in [0, 0.1) is 11.3 Å². The van der Waals surface area contributed by atoms with Crippen molar-refractivity contribution in [2.45, 2.75) is 53.0 Å². The Labute approximate surface area is 134 Å². The van der Waals surface area contributed by atoms with E-state index in [1.165, 1.54) is 0 Å². The zero-order valence-corrected chi connectivity index (χ0v) is 14.5. The fourth-order valence-corrected chi connectivity index (χ4v) is 3.23. The predicted molar refractivity (Wildman–Crippen MR) is 87.4 cm³/mol. The average molecular weight is 309 g/mol. The molecule has 0 aromatic rings. The third kappa shape index (κ3) is 4.22. The Balaban J connectivity index is 1.85. The minimum Gasteiger partial charge on any atom is -0.356 e.